The van der Waals surface area contributed by atoms with E-state index in [2.05, 4.69) is 0 Å². The fourth-order valence-corrected chi connectivity index (χ4v) is 3.85. The van der Waals surface area contributed by atoms with Gasteiger partial charge in [-0.1, -0.05) is 12.1 Å². The smallest absolute Gasteiger partial charge is 0.300 e. The second-order valence-corrected chi connectivity index (χ2v) is 7.42. The van der Waals surface area contributed by atoms with Crippen LogP contribution in [0, 0.1) is 12.7 Å². The number of amides is 1. The van der Waals surface area contributed by atoms with Crippen LogP contribution >= 0.6 is 0 Å². The molecule has 0 saturated carbocycles. The Bertz CT molecular complexity index is 1230. The first kappa shape index (κ1) is 21.1. The Morgan fingerprint density at radius 1 is 1.00 bits per heavy atom. The van der Waals surface area contributed by atoms with Gasteiger partial charge in [-0.15, -0.1) is 0 Å². The van der Waals surface area contributed by atoms with Crippen molar-refractivity contribution in [3.05, 3.63) is 94.8 Å². The number of carbonyl (C=O) groups is 2. The number of carbonyl (C=O) groups excluding carboxylic acids is 2. The summed E-state index contributed by atoms with van der Waals surface area (Å²) >= 11 is 0. The SMILES string of the molecule is COc1ccc(/C(O)=C2/C(=O)C(=O)N(c3ccc(F)cc3)C2c2ccc(O)cc2)cc1C. The van der Waals surface area contributed by atoms with Crippen LogP contribution in [0.5, 0.6) is 11.5 Å². The van der Waals surface area contributed by atoms with Gasteiger partial charge in [0.25, 0.3) is 11.7 Å². The van der Waals surface area contributed by atoms with Crippen molar-refractivity contribution in [2.45, 2.75) is 13.0 Å². The fraction of sp³-hybridized carbons (Fsp3) is 0.120. The normalized spacial score (nSPS) is 17.6. The monoisotopic (exact) mass is 433 g/mol. The number of Topliss-reactive ketones (excluding diaryl/α,β-unsaturated/α-hetero) is 1. The molecule has 1 aliphatic heterocycles. The lowest BCUT2D eigenvalue weighted by Crippen LogP contribution is -2.29. The molecule has 32 heavy (non-hydrogen) atoms. The molecule has 1 fully saturated rings. The van der Waals surface area contributed by atoms with Crippen molar-refractivity contribution in [2.75, 3.05) is 12.0 Å². The number of nitrogens with zero attached hydrogens (tertiary/aromatic N) is 1. The average Bonchev–Trinajstić information content (AvgIpc) is 3.05. The molecule has 3 aromatic carbocycles. The van der Waals surface area contributed by atoms with Crippen LogP contribution in [0.4, 0.5) is 10.1 Å². The van der Waals surface area contributed by atoms with E-state index in [-0.39, 0.29) is 17.1 Å². The first-order valence-corrected chi connectivity index (χ1v) is 9.82. The van der Waals surface area contributed by atoms with E-state index in [9.17, 15) is 24.2 Å². The Morgan fingerprint density at radius 2 is 1.66 bits per heavy atom. The minimum Gasteiger partial charge on any atom is -0.508 e. The molecule has 0 bridgehead atoms. The number of hydrogen-bond acceptors (Lipinski definition) is 5. The van der Waals surface area contributed by atoms with Gasteiger partial charge in [0.2, 0.25) is 0 Å². The summed E-state index contributed by atoms with van der Waals surface area (Å²) in [6, 6.07) is 15.1. The number of ketones is 1. The van der Waals surface area contributed by atoms with Gasteiger partial charge in [0.15, 0.2) is 0 Å². The molecule has 162 valence electrons. The predicted octanol–water partition coefficient (Wildman–Crippen LogP) is 4.47. The Labute approximate surface area is 183 Å². The van der Waals surface area contributed by atoms with Crippen LogP contribution in [0.1, 0.15) is 22.7 Å². The van der Waals surface area contributed by atoms with Crippen LogP contribution in [-0.4, -0.2) is 29.0 Å². The lowest BCUT2D eigenvalue weighted by atomic mass is 9.94. The van der Waals surface area contributed by atoms with Crippen molar-refractivity contribution < 1.29 is 28.9 Å². The summed E-state index contributed by atoms with van der Waals surface area (Å²) in [5.74, 6) is -1.90. The molecule has 6 nitrogen and oxygen atoms in total. The molecule has 1 heterocycles. The Kier molecular flexibility index (Phi) is 5.40. The minimum absolute atomic E-state index is 0.0123. The quantitative estimate of drug-likeness (QED) is 0.360. The number of aliphatic hydroxyl groups is 1. The van der Waals surface area contributed by atoms with Gasteiger partial charge in [0.1, 0.15) is 23.1 Å². The van der Waals surface area contributed by atoms with Gasteiger partial charge >= 0.3 is 0 Å². The van der Waals surface area contributed by atoms with Crippen LogP contribution < -0.4 is 9.64 Å². The molecule has 7 heteroatoms. The highest BCUT2D eigenvalue weighted by molar-refractivity contribution is 6.51. The summed E-state index contributed by atoms with van der Waals surface area (Å²) in [6.45, 7) is 1.80. The van der Waals surface area contributed by atoms with Crippen LogP contribution in [0.15, 0.2) is 72.3 Å². The number of methoxy groups -OCH3 is 1. The highest BCUT2D eigenvalue weighted by Gasteiger charge is 2.47. The summed E-state index contributed by atoms with van der Waals surface area (Å²) in [4.78, 5) is 27.3. The van der Waals surface area contributed by atoms with Crippen molar-refractivity contribution in [1.82, 2.24) is 0 Å². The maximum Gasteiger partial charge on any atom is 0.300 e. The summed E-state index contributed by atoms with van der Waals surface area (Å²) in [6.07, 6.45) is 0. The number of halogens is 1. The molecule has 2 N–H and O–H groups in total. The number of benzene rings is 3. The molecule has 0 radical (unpaired) electrons. The summed E-state index contributed by atoms with van der Waals surface area (Å²) in [7, 11) is 1.53. The minimum atomic E-state index is -0.969. The van der Waals surface area contributed by atoms with Gasteiger partial charge in [0.05, 0.1) is 18.7 Å². The first-order valence-electron chi connectivity index (χ1n) is 9.82. The van der Waals surface area contributed by atoms with Crippen LogP contribution in [-0.2, 0) is 9.59 Å². The van der Waals surface area contributed by atoms with E-state index >= 15 is 0 Å². The maximum atomic E-state index is 13.5. The molecule has 1 saturated heterocycles. The van der Waals surface area contributed by atoms with Crippen molar-refractivity contribution in [1.29, 1.82) is 0 Å². The lowest BCUT2D eigenvalue weighted by Gasteiger charge is -2.25. The van der Waals surface area contributed by atoms with Crippen molar-refractivity contribution >= 4 is 23.1 Å². The summed E-state index contributed by atoms with van der Waals surface area (Å²) in [5.41, 5.74) is 1.79. The van der Waals surface area contributed by atoms with Gasteiger partial charge in [-0.25, -0.2) is 4.39 Å². The van der Waals surface area contributed by atoms with Gasteiger partial charge in [-0.3, -0.25) is 14.5 Å². The number of hydrogen-bond donors (Lipinski definition) is 2. The van der Waals surface area contributed by atoms with Gasteiger partial charge in [0, 0.05) is 11.3 Å². The third kappa shape index (κ3) is 3.58. The third-order valence-corrected chi connectivity index (χ3v) is 5.43. The molecule has 0 aliphatic carbocycles. The molecule has 1 aliphatic rings. The second kappa shape index (κ2) is 8.19. The Morgan fingerprint density at radius 3 is 2.25 bits per heavy atom. The number of aliphatic hydroxyl groups excluding tert-OH is 1. The highest BCUT2D eigenvalue weighted by Crippen LogP contribution is 2.42. The zero-order valence-corrected chi connectivity index (χ0v) is 17.4. The van der Waals surface area contributed by atoms with Crippen LogP contribution in [0.3, 0.4) is 0 Å². The largest absolute Gasteiger partial charge is 0.508 e. The molecular weight excluding hydrogens is 413 g/mol. The van der Waals surface area contributed by atoms with Gasteiger partial charge in [-0.05, 0) is 72.6 Å². The van der Waals surface area contributed by atoms with Gasteiger partial charge < -0.3 is 14.9 Å². The number of aryl methyl sites for hydroxylation is 1. The second-order valence-electron chi connectivity index (χ2n) is 7.42. The predicted molar refractivity (Wildman–Crippen MR) is 117 cm³/mol. The molecular formula is C25H20FNO5. The number of phenolic OH excluding ortho intramolecular Hbond substituents is 1. The van der Waals surface area contributed by atoms with E-state index < -0.39 is 23.5 Å². The fourth-order valence-electron chi connectivity index (χ4n) is 3.85. The molecule has 1 atom stereocenters. The summed E-state index contributed by atoms with van der Waals surface area (Å²) < 4.78 is 18.7. The molecule has 4 rings (SSSR count). The maximum absolute atomic E-state index is 13.5. The van der Waals surface area contributed by atoms with Crippen LogP contribution in [0.25, 0.3) is 5.76 Å². The zero-order chi connectivity index (χ0) is 23.0. The topological polar surface area (TPSA) is 87.1 Å². The van der Waals surface area contributed by atoms with Crippen molar-refractivity contribution in [2.24, 2.45) is 0 Å². The van der Waals surface area contributed by atoms with E-state index in [1.54, 1.807) is 37.3 Å². The Hall–Kier alpha value is -4.13. The molecule has 0 spiro atoms. The number of ether oxygens (including phenoxy) is 1. The van der Waals surface area contributed by atoms with E-state index in [0.29, 0.717) is 22.6 Å². The first-order chi connectivity index (χ1) is 15.3. The van der Waals surface area contributed by atoms with Crippen molar-refractivity contribution in [3.63, 3.8) is 0 Å². The van der Waals surface area contributed by atoms with Gasteiger partial charge in [-0.2, -0.15) is 0 Å². The molecule has 1 amide bonds. The number of aromatic hydroxyl groups is 1. The number of rotatable bonds is 4. The van der Waals surface area contributed by atoms with E-state index in [4.69, 9.17) is 4.74 Å². The Balaban J connectivity index is 1.93. The van der Waals surface area contributed by atoms with Crippen molar-refractivity contribution in [3.8, 4) is 11.5 Å². The third-order valence-electron chi connectivity index (χ3n) is 5.43. The van der Waals surface area contributed by atoms with E-state index in [1.165, 1.54) is 48.4 Å². The average molecular weight is 433 g/mol. The van der Waals surface area contributed by atoms with E-state index in [1.807, 2.05) is 0 Å². The number of phenols is 1. The molecule has 1 unspecified atom stereocenters. The van der Waals surface area contributed by atoms with Crippen LogP contribution in [0.2, 0.25) is 0 Å². The lowest BCUT2D eigenvalue weighted by molar-refractivity contribution is -0.132. The molecule has 3 aromatic rings. The standard InChI is InChI=1S/C25H20FNO5/c1-14-13-16(5-12-20(14)32-2)23(29)21-22(15-3-10-19(28)11-4-15)27(25(31)24(21)30)18-8-6-17(26)7-9-18/h3-13,22,28-29H,1-2H3/b23-21-. The number of anilines is 1. The summed E-state index contributed by atoms with van der Waals surface area (Å²) in [5, 5.41) is 20.8. The highest BCUT2D eigenvalue weighted by atomic mass is 19.1. The zero-order valence-electron chi connectivity index (χ0n) is 17.4. The van der Waals surface area contributed by atoms with E-state index in [0.717, 1.165) is 5.56 Å². The molecule has 0 aromatic heterocycles.